The largest absolute Gasteiger partial charge is 0.462 e. The predicted molar refractivity (Wildman–Crippen MR) is 155 cm³/mol. The van der Waals surface area contributed by atoms with Gasteiger partial charge >= 0.3 is 5.97 Å². The topological polar surface area (TPSA) is 106 Å². The van der Waals surface area contributed by atoms with E-state index in [1.165, 1.54) is 28.0 Å². The number of amidine groups is 1. The van der Waals surface area contributed by atoms with Crippen LogP contribution in [0.15, 0.2) is 53.4 Å². The highest BCUT2D eigenvalue weighted by Gasteiger charge is 2.33. The number of aryl methyl sites for hydroxylation is 1. The molecule has 1 N–H and O–H groups in total. The molecule has 0 saturated carbocycles. The van der Waals surface area contributed by atoms with Crippen molar-refractivity contribution < 1.29 is 19.1 Å². The van der Waals surface area contributed by atoms with Gasteiger partial charge in [-0.25, -0.2) is 9.79 Å². The fourth-order valence-corrected chi connectivity index (χ4v) is 6.85. The van der Waals surface area contributed by atoms with E-state index in [0.29, 0.717) is 27.3 Å². The molecule has 2 aliphatic rings. The number of para-hydroxylation sites is 1. The average Bonchev–Trinajstić information content (AvgIpc) is 3.58. The summed E-state index contributed by atoms with van der Waals surface area (Å²) in [5.41, 5.74) is 3.14. The van der Waals surface area contributed by atoms with Crippen molar-refractivity contribution in [1.82, 2.24) is 9.78 Å². The number of hydrogen-bond donors (Lipinski definition) is 1. The number of aliphatic imine (C=N–C) groups is 1. The molecule has 1 aliphatic heterocycles. The number of nitrogens with zero attached hydrogens (tertiary/aromatic N) is 4. The van der Waals surface area contributed by atoms with Gasteiger partial charge in [-0.15, -0.1) is 11.3 Å². The second-order valence-corrected chi connectivity index (χ2v) is 11.5. The summed E-state index contributed by atoms with van der Waals surface area (Å²) in [6, 6.07) is 9.21. The Hall–Kier alpha value is -3.70. The van der Waals surface area contributed by atoms with Gasteiger partial charge in [-0.1, -0.05) is 36.9 Å². The lowest BCUT2D eigenvalue weighted by atomic mass is 9.88. The normalized spacial score (nSPS) is 17.8. The lowest BCUT2D eigenvalue weighted by molar-refractivity contribution is -0.114. The van der Waals surface area contributed by atoms with Crippen molar-refractivity contribution in [3.8, 4) is 0 Å². The first-order chi connectivity index (χ1) is 18.8. The molecule has 202 valence electrons. The van der Waals surface area contributed by atoms with Crippen LogP contribution < -0.4 is 10.2 Å². The maximum Gasteiger partial charge on any atom is 0.341 e. The number of anilines is 2. The number of rotatable bonds is 7. The van der Waals surface area contributed by atoms with Crippen LogP contribution in [0.4, 0.5) is 10.7 Å². The van der Waals surface area contributed by atoms with Gasteiger partial charge in [-0.05, 0) is 55.9 Å². The second kappa shape index (κ2) is 11.6. The van der Waals surface area contributed by atoms with Crippen molar-refractivity contribution in [1.29, 1.82) is 0 Å². The monoisotopic (exact) mass is 563 g/mol. The van der Waals surface area contributed by atoms with Crippen LogP contribution >= 0.6 is 23.1 Å². The summed E-state index contributed by atoms with van der Waals surface area (Å²) in [6.07, 6.45) is 7.81. The molecule has 0 spiro atoms. The molecule has 11 heteroatoms. The molecule has 3 heterocycles. The van der Waals surface area contributed by atoms with Crippen molar-refractivity contribution in [2.45, 2.75) is 33.1 Å². The van der Waals surface area contributed by atoms with E-state index in [4.69, 9.17) is 4.74 Å². The quantitative estimate of drug-likeness (QED) is 0.324. The van der Waals surface area contributed by atoms with E-state index in [1.54, 1.807) is 37.1 Å². The third kappa shape index (κ3) is 5.84. The number of amides is 2. The summed E-state index contributed by atoms with van der Waals surface area (Å²) in [6.45, 7) is 4.23. The Bertz CT molecular complexity index is 1470. The lowest BCUT2D eigenvalue weighted by Crippen LogP contribution is -2.31. The maximum absolute atomic E-state index is 13.3. The minimum atomic E-state index is -0.404. The lowest BCUT2D eigenvalue weighted by Gasteiger charge is -2.18. The molecule has 9 nitrogen and oxygen atoms in total. The van der Waals surface area contributed by atoms with E-state index in [9.17, 15) is 14.4 Å². The predicted octanol–water partition coefficient (Wildman–Crippen LogP) is 4.90. The molecule has 39 heavy (non-hydrogen) atoms. The van der Waals surface area contributed by atoms with E-state index in [0.717, 1.165) is 35.3 Å². The summed E-state index contributed by atoms with van der Waals surface area (Å²) in [5, 5.41) is 8.02. The third-order valence-corrected chi connectivity index (χ3v) is 8.56. The third-order valence-electron chi connectivity index (χ3n) is 6.45. The summed E-state index contributed by atoms with van der Waals surface area (Å²) in [4.78, 5) is 46.5. The molecule has 2 aromatic heterocycles. The highest BCUT2D eigenvalue weighted by molar-refractivity contribution is 8.14. The molecule has 3 aromatic rings. The summed E-state index contributed by atoms with van der Waals surface area (Å²) < 4.78 is 6.97. The Kier molecular flexibility index (Phi) is 7.99. The molecular weight excluding hydrogens is 534 g/mol. The first kappa shape index (κ1) is 26.9. The van der Waals surface area contributed by atoms with Crippen LogP contribution in [0.25, 0.3) is 6.08 Å². The Labute approximate surface area is 234 Å². The van der Waals surface area contributed by atoms with Crippen LogP contribution in [0.2, 0.25) is 0 Å². The van der Waals surface area contributed by atoms with Gasteiger partial charge < -0.3 is 10.1 Å². The Morgan fingerprint density at radius 1 is 1.28 bits per heavy atom. The standard InChI is InChI=1S/C28H29N5O4S2/c1-4-37-27(36)24-20-11-10-17(2)12-22(20)39-25(24)31-23(34)16-38-28-30-21(13-18-14-29-32(3)15-18)26(35)33(28)19-8-6-5-7-9-19/h5-9,13-15,17H,4,10-12,16H2,1-3H3,(H,31,34)/b21-13+/t17-/m1/s1. The number of carbonyl (C=O) groups excluding carboxylic acids is 3. The highest BCUT2D eigenvalue weighted by atomic mass is 32.2. The van der Waals surface area contributed by atoms with Gasteiger partial charge in [0, 0.05) is 23.7 Å². The zero-order chi connectivity index (χ0) is 27.5. The van der Waals surface area contributed by atoms with Crippen LogP contribution in [-0.4, -0.2) is 45.1 Å². The molecule has 0 radical (unpaired) electrons. The van der Waals surface area contributed by atoms with E-state index < -0.39 is 5.97 Å². The van der Waals surface area contributed by atoms with Crippen molar-refractivity contribution >= 4 is 62.8 Å². The van der Waals surface area contributed by atoms with Crippen LogP contribution in [-0.2, 0) is 34.2 Å². The second-order valence-electron chi connectivity index (χ2n) is 9.46. The van der Waals surface area contributed by atoms with Crippen molar-refractivity contribution in [2.75, 3.05) is 22.6 Å². The fourth-order valence-electron chi connectivity index (χ4n) is 4.62. The first-order valence-corrected chi connectivity index (χ1v) is 14.6. The smallest absolute Gasteiger partial charge is 0.341 e. The van der Waals surface area contributed by atoms with E-state index >= 15 is 0 Å². The number of thiophene rings is 1. The van der Waals surface area contributed by atoms with Gasteiger partial charge in [0.2, 0.25) is 5.91 Å². The van der Waals surface area contributed by atoms with Gasteiger partial charge in [0.25, 0.3) is 5.91 Å². The molecule has 1 atom stereocenters. The zero-order valence-corrected chi connectivity index (χ0v) is 23.6. The number of carbonyl (C=O) groups is 3. The first-order valence-electron chi connectivity index (χ1n) is 12.8. The number of esters is 1. The molecule has 1 aromatic carbocycles. The number of fused-ring (bicyclic) bond motifs is 1. The Balaban J connectivity index is 1.36. The SMILES string of the molecule is CCOC(=O)c1c(NC(=O)CSC2=N/C(=C/c3cnn(C)c3)C(=O)N2c2ccccc2)sc2c1CC[C@@H](C)C2. The van der Waals surface area contributed by atoms with Crippen molar-refractivity contribution in [3.63, 3.8) is 0 Å². The van der Waals surface area contributed by atoms with E-state index in [2.05, 4.69) is 22.3 Å². The molecule has 2 amide bonds. The molecule has 1 aliphatic carbocycles. The summed E-state index contributed by atoms with van der Waals surface area (Å²) >= 11 is 2.62. The number of nitrogens with one attached hydrogen (secondary N) is 1. The minimum absolute atomic E-state index is 0.0108. The summed E-state index contributed by atoms with van der Waals surface area (Å²) in [5.74, 6) is -0.431. The molecule has 0 unspecified atom stereocenters. The van der Waals surface area contributed by atoms with Gasteiger partial charge in [0.05, 0.1) is 29.8 Å². The summed E-state index contributed by atoms with van der Waals surface area (Å²) in [7, 11) is 1.80. The maximum atomic E-state index is 13.3. The van der Waals surface area contributed by atoms with Crippen LogP contribution in [0.3, 0.4) is 0 Å². The number of thioether (sulfide) groups is 1. The Morgan fingerprint density at radius 3 is 2.79 bits per heavy atom. The van der Waals surface area contributed by atoms with Gasteiger partial charge in [0.15, 0.2) is 5.17 Å². The molecule has 5 rings (SSSR count). The van der Waals surface area contributed by atoms with Gasteiger partial charge in [-0.2, -0.15) is 5.10 Å². The van der Waals surface area contributed by atoms with Crippen molar-refractivity contribution in [2.24, 2.45) is 18.0 Å². The number of hydrogen-bond acceptors (Lipinski definition) is 8. The fraction of sp³-hybridized carbons (Fsp3) is 0.321. The average molecular weight is 564 g/mol. The van der Waals surface area contributed by atoms with Gasteiger partial charge in [0.1, 0.15) is 10.7 Å². The number of ether oxygens (including phenoxy) is 1. The van der Waals surface area contributed by atoms with Crippen LogP contribution in [0.1, 0.15) is 46.6 Å². The van der Waals surface area contributed by atoms with Crippen LogP contribution in [0.5, 0.6) is 0 Å². The Morgan fingerprint density at radius 2 is 2.08 bits per heavy atom. The van der Waals surface area contributed by atoms with E-state index in [-0.39, 0.29) is 29.9 Å². The van der Waals surface area contributed by atoms with Gasteiger partial charge in [-0.3, -0.25) is 19.2 Å². The number of benzene rings is 1. The van der Waals surface area contributed by atoms with Crippen LogP contribution in [0, 0.1) is 5.92 Å². The molecular formula is C28H29N5O4S2. The minimum Gasteiger partial charge on any atom is -0.462 e. The highest BCUT2D eigenvalue weighted by Crippen LogP contribution is 2.40. The molecule has 0 fully saturated rings. The number of aromatic nitrogens is 2. The molecule has 0 bridgehead atoms. The van der Waals surface area contributed by atoms with Crippen molar-refractivity contribution in [3.05, 3.63) is 70.0 Å². The van der Waals surface area contributed by atoms with E-state index in [1.807, 2.05) is 30.3 Å². The molecule has 0 saturated heterocycles. The zero-order valence-electron chi connectivity index (χ0n) is 22.0.